The van der Waals surface area contributed by atoms with Crippen LogP contribution in [0.2, 0.25) is 0 Å². The fourth-order valence-corrected chi connectivity index (χ4v) is 3.10. The van der Waals surface area contributed by atoms with E-state index in [1.807, 2.05) is 24.3 Å². The van der Waals surface area contributed by atoms with Crippen LogP contribution in [-0.4, -0.2) is 9.55 Å². The van der Waals surface area contributed by atoms with Crippen molar-refractivity contribution >= 4 is 16.5 Å². The minimum atomic E-state index is 0.0393. The largest absolute Gasteiger partial charge is 0.298 e. The predicted molar refractivity (Wildman–Crippen MR) is 88.7 cm³/mol. The van der Waals surface area contributed by atoms with E-state index in [0.717, 1.165) is 18.4 Å². The average molecular weight is 288 g/mol. The summed E-state index contributed by atoms with van der Waals surface area (Å²) in [6.07, 6.45) is 5.78. The number of para-hydroxylation sites is 1. The van der Waals surface area contributed by atoms with E-state index in [4.69, 9.17) is 0 Å². The molecule has 0 radical (unpaired) electrons. The van der Waals surface area contributed by atoms with Crippen LogP contribution in [0.4, 0.5) is 0 Å². The van der Waals surface area contributed by atoms with Gasteiger partial charge < -0.3 is 0 Å². The first kappa shape index (κ1) is 13.0. The fraction of sp³-hybridized carbons (Fsp3) is 0.158. The Morgan fingerprint density at radius 3 is 2.82 bits per heavy atom. The third-order valence-electron chi connectivity index (χ3n) is 4.29. The second-order valence-corrected chi connectivity index (χ2v) is 5.60. The molecule has 0 amide bonds. The number of rotatable bonds is 3. The van der Waals surface area contributed by atoms with Gasteiger partial charge in [0.15, 0.2) is 0 Å². The first-order valence-electron chi connectivity index (χ1n) is 7.54. The van der Waals surface area contributed by atoms with Crippen molar-refractivity contribution in [1.29, 1.82) is 0 Å². The second kappa shape index (κ2) is 5.26. The van der Waals surface area contributed by atoms with Crippen LogP contribution >= 0.6 is 0 Å². The van der Waals surface area contributed by atoms with E-state index in [1.165, 1.54) is 16.7 Å². The Morgan fingerprint density at radius 1 is 1.05 bits per heavy atom. The highest BCUT2D eigenvalue weighted by atomic mass is 16.1. The van der Waals surface area contributed by atoms with Gasteiger partial charge in [0.05, 0.1) is 17.2 Å². The van der Waals surface area contributed by atoms with Crippen LogP contribution in [0.5, 0.6) is 0 Å². The minimum absolute atomic E-state index is 0.0393. The molecule has 3 heteroatoms. The zero-order chi connectivity index (χ0) is 14.9. The van der Waals surface area contributed by atoms with E-state index in [9.17, 15) is 4.79 Å². The molecular formula is C19H16N2O. The van der Waals surface area contributed by atoms with Gasteiger partial charge in [0.1, 0.15) is 0 Å². The first-order chi connectivity index (χ1) is 10.8. The van der Waals surface area contributed by atoms with Gasteiger partial charge in [-0.05, 0) is 41.7 Å². The lowest BCUT2D eigenvalue weighted by atomic mass is 10.0. The monoisotopic (exact) mass is 288 g/mol. The molecule has 0 spiro atoms. The van der Waals surface area contributed by atoms with Crippen LogP contribution in [0, 0.1) is 0 Å². The van der Waals surface area contributed by atoms with Crippen LogP contribution < -0.4 is 5.56 Å². The molecule has 1 heterocycles. The zero-order valence-corrected chi connectivity index (χ0v) is 12.2. The topological polar surface area (TPSA) is 34.9 Å². The molecule has 1 aliphatic carbocycles. The first-order valence-corrected chi connectivity index (χ1v) is 7.54. The lowest BCUT2D eigenvalue weighted by Gasteiger charge is -2.08. The van der Waals surface area contributed by atoms with E-state index in [-0.39, 0.29) is 5.56 Å². The fourth-order valence-electron chi connectivity index (χ4n) is 3.10. The zero-order valence-electron chi connectivity index (χ0n) is 12.2. The molecule has 2 aromatic carbocycles. The third kappa shape index (κ3) is 2.15. The molecule has 0 saturated carbocycles. The molecule has 0 N–H and O–H groups in total. The number of aromatic nitrogens is 2. The number of nitrogens with zero attached hydrogens (tertiary/aromatic N) is 2. The highest BCUT2D eigenvalue weighted by Gasteiger charge is 2.13. The van der Waals surface area contributed by atoms with Gasteiger partial charge in [-0.25, -0.2) is 4.98 Å². The van der Waals surface area contributed by atoms with Gasteiger partial charge in [0.25, 0.3) is 5.56 Å². The van der Waals surface area contributed by atoms with Gasteiger partial charge in [-0.3, -0.25) is 9.36 Å². The summed E-state index contributed by atoms with van der Waals surface area (Å²) in [5, 5.41) is 0.686. The van der Waals surface area contributed by atoms with Gasteiger partial charge >= 0.3 is 0 Å². The molecule has 0 unspecified atom stereocenters. The Kier molecular flexibility index (Phi) is 3.11. The third-order valence-corrected chi connectivity index (χ3v) is 4.29. The molecule has 4 rings (SSSR count). The number of allylic oxidation sites excluding steroid dienone is 2. The highest BCUT2D eigenvalue weighted by Crippen LogP contribution is 2.29. The Balaban J connectivity index is 1.61. The summed E-state index contributed by atoms with van der Waals surface area (Å²) >= 11 is 0. The van der Waals surface area contributed by atoms with Crippen molar-refractivity contribution in [1.82, 2.24) is 9.55 Å². The SMILES string of the molecule is O=c1c2ccccc2ncn1CCC1=CCc2ccccc21. The van der Waals surface area contributed by atoms with E-state index < -0.39 is 0 Å². The number of fused-ring (bicyclic) bond motifs is 2. The van der Waals surface area contributed by atoms with Gasteiger partial charge in [0.2, 0.25) is 0 Å². The van der Waals surface area contributed by atoms with Gasteiger partial charge in [-0.1, -0.05) is 42.5 Å². The summed E-state index contributed by atoms with van der Waals surface area (Å²) in [5.41, 5.74) is 4.83. The average Bonchev–Trinajstić information content (AvgIpc) is 2.98. The Hall–Kier alpha value is -2.68. The summed E-state index contributed by atoms with van der Waals surface area (Å²) in [4.78, 5) is 16.9. The van der Waals surface area contributed by atoms with Crippen molar-refractivity contribution < 1.29 is 0 Å². The quantitative estimate of drug-likeness (QED) is 0.740. The molecule has 0 fully saturated rings. The van der Waals surface area contributed by atoms with Crippen LogP contribution in [0.15, 0.2) is 65.7 Å². The maximum Gasteiger partial charge on any atom is 0.261 e. The molecule has 0 saturated heterocycles. The van der Waals surface area contributed by atoms with Gasteiger partial charge in [-0.15, -0.1) is 0 Å². The van der Waals surface area contributed by atoms with E-state index in [0.29, 0.717) is 11.9 Å². The molecule has 0 aliphatic heterocycles. The van der Waals surface area contributed by atoms with E-state index in [1.54, 1.807) is 10.9 Å². The van der Waals surface area contributed by atoms with E-state index in [2.05, 4.69) is 35.3 Å². The van der Waals surface area contributed by atoms with Crippen molar-refractivity contribution in [2.45, 2.75) is 19.4 Å². The molecule has 1 aromatic heterocycles. The summed E-state index contributed by atoms with van der Waals surface area (Å²) in [6.45, 7) is 0.664. The van der Waals surface area contributed by atoms with Gasteiger partial charge in [-0.2, -0.15) is 0 Å². The second-order valence-electron chi connectivity index (χ2n) is 5.60. The summed E-state index contributed by atoms with van der Waals surface area (Å²) in [5.74, 6) is 0. The standard InChI is InChI=1S/C19H16N2O/c22-19-17-7-3-4-8-18(17)20-13-21(19)12-11-15-10-9-14-5-1-2-6-16(14)15/h1-8,10,13H,9,11-12H2. The molecular weight excluding hydrogens is 272 g/mol. The van der Waals surface area contributed by atoms with Crippen molar-refractivity contribution in [3.8, 4) is 0 Å². The lowest BCUT2D eigenvalue weighted by molar-refractivity contribution is 0.680. The lowest BCUT2D eigenvalue weighted by Crippen LogP contribution is -2.20. The smallest absolute Gasteiger partial charge is 0.261 e. The van der Waals surface area contributed by atoms with Crippen molar-refractivity contribution in [3.05, 3.63) is 82.4 Å². The van der Waals surface area contributed by atoms with Crippen LogP contribution in [0.3, 0.4) is 0 Å². The Bertz CT molecular complexity index is 937. The molecule has 1 aliphatic rings. The molecule has 3 aromatic rings. The minimum Gasteiger partial charge on any atom is -0.298 e. The highest BCUT2D eigenvalue weighted by molar-refractivity contribution is 5.77. The maximum atomic E-state index is 12.5. The van der Waals surface area contributed by atoms with Crippen LogP contribution in [-0.2, 0) is 13.0 Å². The molecule has 108 valence electrons. The number of hydrogen-bond acceptors (Lipinski definition) is 2. The molecule has 0 bridgehead atoms. The molecule has 0 atom stereocenters. The van der Waals surface area contributed by atoms with Crippen molar-refractivity contribution in [3.63, 3.8) is 0 Å². The van der Waals surface area contributed by atoms with Gasteiger partial charge in [0, 0.05) is 6.54 Å². The number of benzene rings is 2. The normalized spacial score (nSPS) is 13.2. The molecule has 22 heavy (non-hydrogen) atoms. The predicted octanol–water partition coefficient (Wildman–Crippen LogP) is 3.43. The van der Waals surface area contributed by atoms with Crippen molar-refractivity contribution in [2.75, 3.05) is 0 Å². The Labute approximate surface area is 128 Å². The summed E-state index contributed by atoms with van der Waals surface area (Å²) in [7, 11) is 0. The number of hydrogen-bond donors (Lipinski definition) is 0. The van der Waals surface area contributed by atoms with Crippen LogP contribution in [0.25, 0.3) is 16.5 Å². The van der Waals surface area contributed by atoms with Crippen molar-refractivity contribution in [2.24, 2.45) is 0 Å². The number of aryl methyl sites for hydroxylation is 1. The molecule has 3 nitrogen and oxygen atoms in total. The maximum absolute atomic E-state index is 12.5. The van der Waals surface area contributed by atoms with E-state index >= 15 is 0 Å². The summed E-state index contributed by atoms with van der Waals surface area (Å²) < 4.78 is 1.71. The summed E-state index contributed by atoms with van der Waals surface area (Å²) in [6, 6.07) is 16.0. The van der Waals surface area contributed by atoms with Crippen LogP contribution in [0.1, 0.15) is 17.5 Å². The Morgan fingerprint density at radius 2 is 1.86 bits per heavy atom.